The molecular formula is C25H34N8O3. The molecule has 2 aliphatic rings. The van der Waals surface area contributed by atoms with Crippen LogP contribution in [0.2, 0.25) is 0 Å². The average Bonchev–Trinajstić information content (AvgIpc) is 3.35. The third kappa shape index (κ3) is 5.85. The maximum absolute atomic E-state index is 12.4. The van der Waals surface area contributed by atoms with E-state index >= 15 is 0 Å². The molecule has 5 rings (SSSR count). The van der Waals surface area contributed by atoms with Gasteiger partial charge in [-0.3, -0.25) is 9.69 Å². The first-order chi connectivity index (χ1) is 17.7. The Kier molecular flexibility index (Phi) is 7.77. The second-order valence-electron chi connectivity index (χ2n) is 9.06. The number of hydrogen-bond acceptors (Lipinski definition) is 9. The number of aromatic nitrogens is 4. The van der Waals surface area contributed by atoms with Crippen LogP contribution < -0.4 is 19.9 Å². The van der Waals surface area contributed by atoms with Crippen LogP contribution in [0.15, 0.2) is 36.4 Å². The normalized spacial score (nSPS) is 16.9. The number of anilines is 2. The van der Waals surface area contributed by atoms with E-state index in [0.717, 1.165) is 70.6 Å². The molecular weight excluding hydrogens is 460 g/mol. The lowest BCUT2D eigenvalue weighted by atomic mass is 10.2. The third-order valence-electron chi connectivity index (χ3n) is 6.77. The first-order valence-corrected chi connectivity index (χ1v) is 12.6. The summed E-state index contributed by atoms with van der Waals surface area (Å²) in [5, 5.41) is 16.3. The van der Waals surface area contributed by atoms with E-state index in [1.165, 1.54) is 5.69 Å². The second kappa shape index (κ2) is 11.5. The zero-order valence-electron chi connectivity index (χ0n) is 20.8. The van der Waals surface area contributed by atoms with E-state index < -0.39 is 0 Å². The number of methoxy groups -OCH3 is 1. The van der Waals surface area contributed by atoms with Gasteiger partial charge in [-0.15, -0.1) is 15.3 Å². The van der Waals surface area contributed by atoms with Crippen LogP contribution in [0.5, 0.6) is 5.75 Å². The minimum absolute atomic E-state index is 0.0184. The van der Waals surface area contributed by atoms with Crippen LogP contribution in [0.25, 0.3) is 5.65 Å². The van der Waals surface area contributed by atoms with Gasteiger partial charge in [-0.25, -0.2) is 0 Å². The zero-order chi connectivity index (χ0) is 24.7. The molecule has 0 saturated carbocycles. The summed E-state index contributed by atoms with van der Waals surface area (Å²) >= 11 is 0. The van der Waals surface area contributed by atoms with Crippen LogP contribution in [0, 0.1) is 0 Å². The number of nitrogens with zero attached hydrogens (tertiary/aromatic N) is 7. The molecule has 0 unspecified atom stereocenters. The Balaban J connectivity index is 1.14. The molecule has 1 aromatic carbocycles. The van der Waals surface area contributed by atoms with Crippen molar-refractivity contribution >= 4 is 23.1 Å². The van der Waals surface area contributed by atoms with Gasteiger partial charge < -0.3 is 24.6 Å². The number of aryl methyl sites for hydroxylation is 1. The number of ether oxygens (including phenoxy) is 2. The fraction of sp³-hybridized carbons (Fsp3) is 0.520. The van der Waals surface area contributed by atoms with Gasteiger partial charge >= 0.3 is 0 Å². The molecule has 0 radical (unpaired) electrons. The van der Waals surface area contributed by atoms with Crippen molar-refractivity contribution in [3.63, 3.8) is 0 Å². The van der Waals surface area contributed by atoms with E-state index in [1.54, 1.807) is 11.6 Å². The summed E-state index contributed by atoms with van der Waals surface area (Å²) in [5.74, 6) is 2.48. The minimum atomic E-state index is 0.0184. The highest BCUT2D eigenvalue weighted by molar-refractivity contribution is 5.76. The number of amides is 1. The SMILES string of the molecule is COc1cccc(N2CCN(c3ccc4nnc(CCC(=O)NCCN5CCOCC5)n4n3)CC2)c1. The summed E-state index contributed by atoms with van der Waals surface area (Å²) in [6, 6.07) is 12.1. The summed E-state index contributed by atoms with van der Waals surface area (Å²) in [7, 11) is 1.69. The molecule has 2 aromatic heterocycles. The van der Waals surface area contributed by atoms with Crippen molar-refractivity contribution in [2.45, 2.75) is 12.8 Å². The smallest absolute Gasteiger partial charge is 0.220 e. The Labute approximate surface area is 211 Å². The van der Waals surface area contributed by atoms with Crippen molar-refractivity contribution < 1.29 is 14.3 Å². The van der Waals surface area contributed by atoms with E-state index in [0.29, 0.717) is 30.9 Å². The number of fused-ring (bicyclic) bond motifs is 1. The number of benzene rings is 1. The number of carbonyl (C=O) groups excluding carboxylic acids is 1. The second-order valence-corrected chi connectivity index (χ2v) is 9.06. The van der Waals surface area contributed by atoms with Crippen LogP contribution in [0.1, 0.15) is 12.2 Å². The maximum atomic E-state index is 12.4. The van der Waals surface area contributed by atoms with Crippen molar-refractivity contribution in [3.05, 3.63) is 42.2 Å². The van der Waals surface area contributed by atoms with E-state index in [-0.39, 0.29) is 5.91 Å². The first kappa shape index (κ1) is 24.3. The number of morpholine rings is 1. The van der Waals surface area contributed by atoms with Gasteiger partial charge in [-0.05, 0) is 24.3 Å². The molecule has 0 atom stereocenters. The average molecular weight is 495 g/mol. The highest BCUT2D eigenvalue weighted by Gasteiger charge is 2.20. The maximum Gasteiger partial charge on any atom is 0.220 e. The van der Waals surface area contributed by atoms with Crippen molar-refractivity contribution in [2.75, 3.05) is 82.5 Å². The Morgan fingerprint density at radius 3 is 2.64 bits per heavy atom. The van der Waals surface area contributed by atoms with Crippen molar-refractivity contribution in [2.24, 2.45) is 0 Å². The summed E-state index contributed by atoms with van der Waals surface area (Å²) in [4.78, 5) is 19.3. The summed E-state index contributed by atoms with van der Waals surface area (Å²) in [6.45, 7) is 8.37. The monoisotopic (exact) mass is 494 g/mol. The lowest BCUT2D eigenvalue weighted by Crippen LogP contribution is -2.47. The van der Waals surface area contributed by atoms with Gasteiger partial charge in [0.25, 0.3) is 0 Å². The lowest BCUT2D eigenvalue weighted by molar-refractivity contribution is -0.121. The van der Waals surface area contributed by atoms with E-state index in [1.807, 2.05) is 24.3 Å². The standard InChI is InChI=1S/C25H34N8O3/c1-35-21-4-2-3-20(19-21)31-11-13-32(14-12-31)24-6-5-22-27-28-23(33(22)29-24)7-8-25(34)26-9-10-30-15-17-36-18-16-30/h2-6,19H,7-18H2,1H3,(H,26,34). The molecule has 2 saturated heterocycles. The Morgan fingerprint density at radius 2 is 1.83 bits per heavy atom. The van der Waals surface area contributed by atoms with Gasteiger partial charge in [0.05, 0.1) is 20.3 Å². The Bertz CT molecular complexity index is 1160. The van der Waals surface area contributed by atoms with Gasteiger partial charge in [0.15, 0.2) is 11.5 Å². The zero-order valence-corrected chi connectivity index (χ0v) is 20.8. The fourth-order valence-corrected chi connectivity index (χ4v) is 4.64. The number of carbonyl (C=O) groups is 1. The highest BCUT2D eigenvalue weighted by atomic mass is 16.5. The molecule has 0 spiro atoms. The minimum Gasteiger partial charge on any atom is -0.497 e. The Hall–Kier alpha value is -3.44. The van der Waals surface area contributed by atoms with Crippen LogP contribution in [-0.2, 0) is 16.0 Å². The van der Waals surface area contributed by atoms with Crippen molar-refractivity contribution in [3.8, 4) is 5.75 Å². The number of nitrogens with one attached hydrogen (secondary N) is 1. The molecule has 2 aliphatic heterocycles. The third-order valence-corrected chi connectivity index (χ3v) is 6.77. The molecule has 4 heterocycles. The molecule has 192 valence electrons. The summed E-state index contributed by atoms with van der Waals surface area (Å²) in [6.07, 6.45) is 0.847. The van der Waals surface area contributed by atoms with E-state index in [4.69, 9.17) is 14.6 Å². The Morgan fingerprint density at radius 1 is 1.03 bits per heavy atom. The van der Waals surface area contributed by atoms with Gasteiger partial charge in [-0.2, -0.15) is 4.52 Å². The summed E-state index contributed by atoms with van der Waals surface area (Å²) < 4.78 is 12.5. The van der Waals surface area contributed by atoms with Crippen LogP contribution in [0.4, 0.5) is 11.5 Å². The van der Waals surface area contributed by atoms with Gasteiger partial charge in [0, 0.05) is 77.0 Å². The van der Waals surface area contributed by atoms with E-state index in [2.05, 4.69) is 42.3 Å². The number of piperazine rings is 1. The molecule has 0 bridgehead atoms. The fourth-order valence-electron chi connectivity index (χ4n) is 4.64. The van der Waals surface area contributed by atoms with E-state index in [9.17, 15) is 4.79 Å². The largest absolute Gasteiger partial charge is 0.497 e. The molecule has 11 nitrogen and oxygen atoms in total. The first-order valence-electron chi connectivity index (χ1n) is 12.6. The molecule has 2 fully saturated rings. The molecule has 1 N–H and O–H groups in total. The summed E-state index contributed by atoms with van der Waals surface area (Å²) in [5.41, 5.74) is 1.86. The van der Waals surface area contributed by atoms with Crippen molar-refractivity contribution in [1.29, 1.82) is 0 Å². The van der Waals surface area contributed by atoms with Crippen LogP contribution >= 0.6 is 0 Å². The highest BCUT2D eigenvalue weighted by Crippen LogP contribution is 2.23. The molecule has 0 aliphatic carbocycles. The number of hydrogen-bond donors (Lipinski definition) is 1. The molecule has 3 aromatic rings. The van der Waals surface area contributed by atoms with Crippen molar-refractivity contribution in [1.82, 2.24) is 30.0 Å². The van der Waals surface area contributed by atoms with Crippen LogP contribution in [0.3, 0.4) is 0 Å². The van der Waals surface area contributed by atoms with Gasteiger partial charge in [0.1, 0.15) is 11.6 Å². The molecule has 36 heavy (non-hydrogen) atoms. The van der Waals surface area contributed by atoms with Crippen LogP contribution in [-0.4, -0.2) is 103 Å². The predicted octanol–water partition coefficient (Wildman–Crippen LogP) is 0.841. The lowest BCUT2D eigenvalue weighted by Gasteiger charge is -2.36. The molecule has 1 amide bonds. The van der Waals surface area contributed by atoms with Gasteiger partial charge in [0.2, 0.25) is 5.91 Å². The number of rotatable bonds is 9. The van der Waals surface area contributed by atoms with Gasteiger partial charge in [-0.1, -0.05) is 6.07 Å². The predicted molar refractivity (Wildman–Crippen MR) is 137 cm³/mol. The topological polar surface area (TPSA) is 100 Å². The quantitative estimate of drug-likeness (QED) is 0.464. The molecule has 11 heteroatoms.